The molecule has 1 amide bonds. The number of carboxylic acid groups (broad SMARTS) is 1. The van der Waals surface area contributed by atoms with Crippen molar-refractivity contribution < 1.29 is 23.5 Å². The monoisotopic (exact) mass is 417 g/mol. The van der Waals surface area contributed by atoms with Crippen LogP contribution in [-0.2, 0) is 4.79 Å². The molecule has 0 aromatic heterocycles. The predicted molar refractivity (Wildman–Crippen MR) is 83.4 cm³/mol. The van der Waals surface area contributed by atoms with Gasteiger partial charge in [-0.2, -0.15) is 0 Å². The third-order valence-electron chi connectivity index (χ3n) is 2.92. The Morgan fingerprint density at radius 2 is 1.59 bits per heavy atom. The number of benzene rings is 2. The van der Waals surface area contributed by atoms with Crippen LogP contribution in [0.15, 0.2) is 42.5 Å². The number of hydrogen-bond acceptors (Lipinski definition) is 2. The highest BCUT2D eigenvalue weighted by Gasteiger charge is 2.25. The summed E-state index contributed by atoms with van der Waals surface area (Å²) in [5.41, 5.74) is -0.503. The molecule has 0 saturated heterocycles. The molecule has 1 atom stereocenters. The Labute approximate surface area is 138 Å². The third-order valence-corrected chi connectivity index (χ3v) is 3.63. The first kappa shape index (κ1) is 16.3. The average molecular weight is 417 g/mol. The lowest BCUT2D eigenvalue weighted by Crippen LogP contribution is -2.34. The Balaban J connectivity index is 2.30. The summed E-state index contributed by atoms with van der Waals surface area (Å²) in [6, 6.07) is 7.97. The lowest BCUT2D eigenvalue weighted by Gasteiger charge is -2.15. The van der Waals surface area contributed by atoms with Gasteiger partial charge < -0.3 is 10.4 Å². The van der Waals surface area contributed by atoms with Crippen molar-refractivity contribution in [2.75, 3.05) is 0 Å². The van der Waals surface area contributed by atoms with Crippen LogP contribution in [0.2, 0.25) is 0 Å². The van der Waals surface area contributed by atoms with E-state index in [9.17, 15) is 23.5 Å². The van der Waals surface area contributed by atoms with E-state index in [1.807, 2.05) is 22.6 Å². The van der Waals surface area contributed by atoms with Crippen molar-refractivity contribution in [3.63, 3.8) is 0 Å². The SMILES string of the molecule is O=C(NC(C(=O)O)c1ccc(I)cc1)c1c(F)cccc1F. The van der Waals surface area contributed by atoms with E-state index in [0.29, 0.717) is 5.56 Å². The van der Waals surface area contributed by atoms with Crippen LogP contribution < -0.4 is 5.32 Å². The maximum absolute atomic E-state index is 13.6. The molecule has 2 aromatic rings. The van der Waals surface area contributed by atoms with Crippen molar-refractivity contribution in [1.29, 1.82) is 0 Å². The summed E-state index contributed by atoms with van der Waals surface area (Å²) >= 11 is 2.05. The maximum Gasteiger partial charge on any atom is 0.330 e. The molecule has 0 heterocycles. The summed E-state index contributed by atoms with van der Waals surface area (Å²) in [7, 11) is 0. The summed E-state index contributed by atoms with van der Waals surface area (Å²) in [4.78, 5) is 23.3. The molecule has 0 bridgehead atoms. The summed E-state index contributed by atoms with van der Waals surface area (Å²) in [5, 5.41) is 11.4. The van der Waals surface area contributed by atoms with Gasteiger partial charge >= 0.3 is 5.97 Å². The molecule has 7 heteroatoms. The van der Waals surface area contributed by atoms with Crippen LogP contribution in [0.4, 0.5) is 8.78 Å². The van der Waals surface area contributed by atoms with E-state index in [0.717, 1.165) is 21.8 Å². The first-order valence-electron chi connectivity index (χ1n) is 6.13. The van der Waals surface area contributed by atoms with Crippen molar-refractivity contribution >= 4 is 34.5 Å². The molecule has 0 saturated carbocycles. The molecule has 0 fully saturated rings. The standard InChI is InChI=1S/C15H10F2INO3/c16-10-2-1-3-11(17)12(10)14(20)19-13(15(21)22)8-4-6-9(18)7-5-8/h1-7,13H,(H,19,20)(H,21,22). The van der Waals surface area contributed by atoms with Gasteiger partial charge in [0.05, 0.1) is 0 Å². The molecule has 0 aliphatic heterocycles. The van der Waals surface area contributed by atoms with Crippen LogP contribution in [0.3, 0.4) is 0 Å². The van der Waals surface area contributed by atoms with E-state index in [-0.39, 0.29) is 0 Å². The number of rotatable bonds is 4. The van der Waals surface area contributed by atoms with Gasteiger partial charge in [0.25, 0.3) is 5.91 Å². The lowest BCUT2D eigenvalue weighted by molar-refractivity contribution is -0.139. The van der Waals surface area contributed by atoms with E-state index in [1.54, 1.807) is 12.1 Å². The van der Waals surface area contributed by atoms with E-state index in [4.69, 9.17) is 0 Å². The lowest BCUT2D eigenvalue weighted by atomic mass is 10.1. The van der Waals surface area contributed by atoms with Crippen LogP contribution in [-0.4, -0.2) is 17.0 Å². The molecule has 1 unspecified atom stereocenters. The van der Waals surface area contributed by atoms with Crippen LogP contribution in [0.5, 0.6) is 0 Å². The molecular formula is C15H10F2INO3. The minimum atomic E-state index is -1.40. The summed E-state index contributed by atoms with van der Waals surface area (Å²) < 4.78 is 28.0. The Morgan fingerprint density at radius 3 is 2.09 bits per heavy atom. The second kappa shape index (κ2) is 6.82. The number of nitrogens with one attached hydrogen (secondary N) is 1. The normalized spacial score (nSPS) is 11.8. The van der Waals surface area contributed by atoms with E-state index >= 15 is 0 Å². The number of carbonyl (C=O) groups excluding carboxylic acids is 1. The molecular weight excluding hydrogens is 407 g/mol. The number of hydrogen-bond donors (Lipinski definition) is 2. The van der Waals surface area contributed by atoms with Crippen LogP contribution in [0, 0.1) is 15.2 Å². The fraction of sp³-hybridized carbons (Fsp3) is 0.0667. The van der Waals surface area contributed by atoms with E-state index in [1.165, 1.54) is 12.1 Å². The van der Waals surface area contributed by atoms with Crippen molar-refractivity contribution in [3.8, 4) is 0 Å². The van der Waals surface area contributed by atoms with E-state index in [2.05, 4.69) is 5.32 Å². The summed E-state index contributed by atoms with van der Waals surface area (Å²) in [6.07, 6.45) is 0. The van der Waals surface area contributed by atoms with Crippen LogP contribution in [0.25, 0.3) is 0 Å². The molecule has 2 aromatic carbocycles. The largest absolute Gasteiger partial charge is 0.479 e. The van der Waals surface area contributed by atoms with E-state index < -0.39 is 35.1 Å². The quantitative estimate of drug-likeness (QED) is 0.752. The van der Waals surface area contributed by atoms with Gasteiger partial charge in [-0.15, -0.1) is 0 Å². The van der Waals surface area contributed by atoms with Gasteiger partial charge in [0.1, 0.15) is 17.2 Å². The van der Waals surface area contributed by atoms with Gasteiger partial charge in [0.2, 0.25) is 0 Å². The second-order valence-electron chi connectivity index (χ2n) is 4.39. The zero-order valence-electron chi connectivity index (χ0n) is 11.0. The van der Waals surface area contributed by atoms with Gasteiger partial charge in [-0.05, 0) is 52.4 Å². The first-order valence-corrected chi connectivity index (χ1v) is 7.21. The molecule has 2 N–H and O–H groups in total. The Hall–Kier alpha value is -2.03. The summed E-state index contributed by atoms with van der Waals surface area (Å²) in [6.45, 7) is 0. The summed E-state index contributed by atoms with van der Waals surface area (Å²) in [5.74, 6) is -4.55. The van der Waals surface area contributed by atoms with Crippen molar-refractivity contribution in [3.05, 3.63) is 68.8 Å². The predicted octanol–water partition coefficient (Wildman–Crippen LogP) is 3.13. The van der Waals surface area contributed by atoms with Gasteiger partial charge in [0.15, 0.2) is 6.04 Å². The molecule has 0 aliphatic carbocycles. The highest BCUT2D eigenvalue weighted by Crippen LogP contribution is 2.18. The molecule has 22 heavy (non-hydrogen) atoms. The van der Waals surface area contributed by atoms with Crippen molar-refractivity contribution in [1.82, 2.24) is 5.32 Å². The van der Waals surface area contributed by atoms with Gasteiger partial charge in [0, 0.05) is 3.57 Å². The molecule has 114 valence electrons. The van der Waals surface area contributed by atoms with Gasteiger partial charge in [-0.3, -0.25) is 4.79 Å². The second-order valence-corrected chi connectivity index (χ2v) is 5.64. The molecule has 0 aliphatic rings. The number of carboxylic acids is 1. The minimum Gasteiger partial charge on any atom is -0.479 e. The number of carbonyl (C=O) groups is 2. The highest BCUT2D eigenvalue weighted by molar-refractivity contribution is 14.1. The zero-order valence-corrected chi connectivity index (χ0v) is 13.2. The Morgan fingerprint density at radius 1 is 1.05 bits per heavy atom. The third kappa shape index (κ3) is 3.59. The van der Waals surface area contributed by atoms with Crippen LogP contribution in [0.1, 0.15) is 22.0 Å². The topological polar surface area (TPSA) is 66.4 Å². The fourth-order valence-electron chi connectivity index (χ4n) is 1.86. The Bertz CT molecular complexity index is 699. The molecule has 0 radical (unpaired) electrons. The molecule has 4 nitrogen and oxygen atoms in total. The average Bonchev–Trinajstić information content (AvgIpc) is 2.45. The number of halogens is 3. The molecule has 0 spiro atoms. The van der Waals surface area contributed by atoms with Gasteiger partial charge in [-0.25, -0.2) is 13.6 Å². The van der Waals surface area contributed by atoms with Gasteiger partial charge in [-0.1, -0.05) is 18.2 Å². The maximum atomic E-state index is 13.6. The van der Waals surface area contributed by atoms with Crippen molar-refractivity contribution in [2.24, 2.45) is 0 Å². The van der Waals surface area contributed by atoms with Crippen LogP contribution >= 0.6 is 22.6 Å². The first-order chi connectivity index (χ1) is 10.4. The fourth-order valence-corrected chi connectivity index (χ4v) is 2.22. The van der Waals surface area contributed by atoms with Crippen molar-refractivity contribution in [2.45, 2.75) is 6.04 Å². The highest BCUT2D eigenvalue weighted by atomic mass is 127. The molecule has 2 rings (SSSR count). The number of amides is 1. The smallest absolute Gasteiger partial charge is 0.330 e. The zero-order chi connectivity index (χ0) is 16.3. The minimum absolute atomic E-state index is 0.304. The Kier molecular flexibility index (Phi) is 5.07. The number of aliphatic carboxylic acids is 1.